The van der Waals surface area contributed by atoms with Crippen LogP contribution in [0.5, 0.6) is 0 Å². The Hall–Kier alpha value is -0.0800. The summed E-state index contributed by atoms with van der Waals surface area (Å²) < 4.78 is 10.6. The van der Waals surface area contributed by atoms with E-state index in [1.165, 1.54) is 6.42 Å². The van der Waals surface area contributed by atoms with E-state index in [4.69, 9.17) is 9.47 Å². The van der Waals surface area contributed by atoms with E-state index < -0.39 is 0 Å². The van der Waals surface area contributed by atoms with E-state index in [2.05, 4.69) is 27.7 Å². The normalized spacial score (nSPS) is 14.6. The number of hydrogen-bond donors (Lipinski definition) is 0. The molecule has 2 nitrogen and oxygen atoms in total. The van der Waals surface area contributed by atoms with E-state index in [1.54, 1.807) is 14.2 Å². The topological polar surface area (TPSA) is 18.5 Å². The molecule has 0 aromatic rings. The molecule has 0 spiro atoms. The van der Waals surface area contributed by atoms with Crippen molar-refractivity contribution in [2.75, 3.05) is 20.8 Å². The molecule has 0 bridgehead atoms. The molecule has 2 heteroatoms. The largest absolute Gasteiger partial charge is 0.385 e. The summed E-state index contributed by atoms with van der Waals surface area (Å²) in [6, 6.07) is 0. The Morgan fingerprint density at radius 1 is 1.07 bits per heavy atom. The molecular formula is C13H28O2. The monoisotopic (exact) mass is 216 g/mol. The summed E-state index contributed by atoms with van der Waals surface area (Å²) in [6.07, 6.45) is 3.69. The second kappa shape index (κ2) is 7.24. The van der Waals surface area contributed by atoms with Crippen LogP contribution in [0.25, 0.3) is 0 Å². The van der Waals surface area contributed by atoms with Gasteiger partial charge in [0.2, 0.25) is 0 Å². The molecule has 0 aromatic carbocycles. The van der Waals surface area contributed by atoms with Crippen molar-refractivity contribution < 1.29 is 9.47 Å². The molecule has 0 N–H and O–H groups in total. The van der Waals surface area contributed by atoms with E-state index >= 15 is 0 Å². The number of methoxy groups -OCH3 is 2. The zero-order chi connectivity index (χ0) is 11.9. The lowest BCUT2D eigenvalue weighted by Gasteiger charge is -2.30. The maximum atomic E-state index is 5.49. The van der Waals surface area contributed by atoms with Crippen molar-refractivity contribution in [2.24, 2.45) is 11.3 Å². The van der Waals surface area contributed by atoms with Crippen LogP contribution in [0.4, 0.5) is 0 Å². The molecule has 0 aromatic heterocycles. The van der Waals surface area contributed by atoms with Crippen molar-refractivity contribution in [2.45, 2.75) is 53.1 Å². The molecular weight excluding hydrogens is 188 g/mol. The van der Waals surface area contributed by atoms with Gasteiger partial charge >= 0.3 is 0 Å². The van der Waals surface area contributed by atoms with Crippen LogP contribution < -0.4 is 0 Å². The van der Waals surface area contributed by atoms with Crippen LogP contribution in [0, 0.1) is 11.3 Å². The van der Waals surface area contributed by atoms with Gasteiger partial charge in [-0.25, -0.2) is 0 Å². The fourth-order valence-electron chi connectivity index (χ4n) is 2.36. The summed E-state index contributed by atoms with van der Waals surface area (Å²) in [5.41, 5.74) is 0.364. The molecule has 0 radical (unpaired) electrons. The second-order valence-corrected chi connectivity index (χ2v) is 5.61. The van der Waals surface area contributed by atoms with E-state index in [-0.39, 0.29) is 0 Å². The highest BCUT2D eigenvalue weighted by Gasteiger charge is 2.24. The summed E-state index contributed by atoms with van der Waals surface area (Å²) in [5.74, 6) is 0.750. The predicted molar refractivity (Wildman–Crippen MR) is 65.1 cm³/mol. The summed E-state index contributed by atoms with van der Waals surface area (Å²) in [6.45, 7) is 9.99. The molecule has 92 valence electrons. The third-order valence-electron chi connectivity index (χ3n) is 2.72. The second-order valence-electron chi connectivity index (χ2n) is 5.61. The van der Waals surface area contributed by atoms with Gasteiger partial charge in [-0.05, 0) is 30.6 Å². The summed E-state index contributed by atoms with van der Waals surface area (Å²) >= 11 is 0. The fraction of sp³-hybridized carbons (Fsp3) is 1.00. The molecule has 0 heterocycles. The van der Waals surface area contributed by atoms with Crippen LogP contribution in [-0.4, -0.2) is 26.9 Å². The number of ether oxygens (including phenoxy) is 2. The highest BCUT2D eigenvalue weighted by Crippen LogP contribution is 2.31. The van der Waals surface area contributed by atoms with Gasteiger partial charge in [0, 0.05) is 20.8 Å². The van der Waals surface area contributed by atoms with Gasteiger partial charge in [-0.15, -0.1) is 0 Å². The molecule has 0 fully saturated rings. The minimum Gasteiger partial charge on any atom is -0.385 e. The average molecular weight is 216 g/mol. The van der Waals surface area contributed by atoms with Gasteiger partial charge in [0.05, 0.1) is 6.10 Å². The third kappa shape index (κ3) is 7.80. The predicted octanol–water partition coefficient (Wildman–Crippen LogP) is 3.50. The van der Waals surface area contributed by atoms with Gasteiger partial charge in [0.15, 0.2) is 0 Å². The molecule has 1 unspecified atom stereocenters. The van der Waals surface area contributed by atoms with Crippen molar-refractivity contribution in [3.05, 3.63) is 0 Å². The van der Waals surface area contributed by atoms with Gasteiger partial charge in [0.25, 0.3) is 0 Å². The SMILES string of the molecule is COCCC(CC(C)(C)CC(C)C)OC. The van der Waals surface area contributed by atoms with E-state index in [9.17, 15) is 0 Å². The van der Waals surface area contributed by atoms with Crippen molar-refractivity contribution in [1.29, 1.82) is 0 Å². The van der Waals surface area contributed by atoms with Crippen molar-refractivity contribution >= 4 is 0 Å². The van der Waals surface area contributed by atoms with Crippen molar-refractivity contribution in [3.8, 4) is 0 Å². The van der Waals surface area contributed by atoms with Gasteiger partial charge in [-0.2, -0.15) is 0 Å². The summed E-state index contributed by atoms with van der Waals surface area (Å²) in [5, 5.41) is 0. The van der Waals surface area contributed by atoms with Crippen LogP contribution >= 0.6 is 0 Å². The minimum atomic E-state index is 0.332. The average Bonchev–Trinajstić information content (AvgIpc) is 2.09. The molecule has 15 heavy (non-hydrogen) atoms. The Bertz CT molecular complexity index is 153. The highest BCUT2D eigenvalue weighted by atomic mass is 16.5. The van der Waals surface area contributed by atoms with Crippen molar-refractivity contribution in [3.63, 3.8) is 0 Å². The molecule has 0 aliphatic rings. The van der Waals surface area contributed by atoms with E-state index in [0.717, 1.165) is 25.4 Å². The maximum absolute atomic E-state index is 5.49. The van der Waals surface area contributed by atoms with E-state index in [1.807, 2.05) is 0 Å². The van der Waals surface area contributed by atoms with Crippen LogP contribution in [0.15, 0.2) is 0 Å². The molecule has 0 aliphatic heterocycles. The molecule has 1 atom stereocenters. The minimum absolute atomic E-state index is 0.332. The van der Waals surface area contributed by atoms with Crippen LogP contribution in [0.2, 0.25) is 0 Å². The van der Waals surface area contributed by atoms with Gasteiger partial charge in [-0.3, -0.25) is 0 Å². The van der Waals surface area contributed by atoms with E-state index in [0.29, 0.717) is 11.5 Å². The molecule has 0 amide bonds. The Labute approximate surface area is 95.3 Å². The quantitative estimate of drug-likeness (QED) is 0.618. The summed E-state index contributed by atoms with van der Waals surface area (Å²) in [4.78, 5) is 0. The number of rotatable bonds is 8. The molecule has 0 saturated carbocycles. The number of hydrogen-bond acceptors (Lipinski definition) is 2. The molecule has 0 aliphatic carbocycles. The third-order valence-corrected chi connectivity index (χ3v) is 2.72. The first kappa shape index (κ1) is 14.9. The van der Waals surface area contributed by atoms with Crippen LogP contribution in [-0.2, 0) is 9.47 Å². The van der Waals surface area contributed by atoms with Crippen LogP contribution in [0.3, 0.4) is 0 Å². The van der Waals surface area contributed by atoms with Crippen molar-refractivity contribution in [1.82, 2.24) is 0 Å². The van der Waals surface area contributed by atoms with Gasteiger partial charge in [-0.1, -0.05) is 27.7 Å². The Kier molecular flexibility index (Phi) is 7.20. The first-order valence-corrected chi connectivity index (χ1v) is 5.93. The Balaban J connectivity index is 4.02. The fourth-order valence-corrected chi connectivity index (χ4v) is 2.36. The first-order chi connectivity index (χ1) is 6.91. The van der Waals surface area contributed by atoms with Gasteiger partial charge < -0.3 is 9.47 Å². The zero-order valence-corrected chi connectivity index (χ0v) is 11.3. The zero-order valence-electron chi connectivity index (χ0n) is 11.3. The standard InChI is InChI=1S/C13H28O2/c1-11(2)9-13(3,4)10-12(15-6)7-8-14-5/h11-12H,7-10H2,1-6H3. The lowest BCUT2D eigenvalue weighted by atomic mass is 9.79. The highest BCUT2D eigenvalue weighted by molar-refractivity contribution is 4.75. The molecule has 0 rings (SSSR count). The lowest BCUT2D eigenvalue weighted by Crippen LogP contribution is -2.24. The molecule has 0 saturated heterocycles. The van der Waals surface area contributed by atoms with Gasteiger partial charge in [0.1, 0.15) is 0 Å². The maximum Gasteiger partial charge on any atom is 0.0598 e. The van der Waals surface area contributed by atoms with Crippen LogP contribution in [0.1, 0.15) is 47.0 Å². The smallest absolute Gasteiger partial charge is 0.0598 e. The Morgan fingerprint density at radius 2 is 1.67 bits per heavy atom. The first-order valence-electron chi connectivity index (χ1n) is 5.93. The Morgan fingerprint density at radius 3 is 2.07 bits per heavy atom. The summed E-state index contributed by atoms with van der Waals surface area (Å²) in [7, 11) is 3.54. The lowest BCUT2D eigenvalue weighted by molar-refractivity contribution is 0.0306.